The lowest BCUT2D eigenvalue weighted by Crippen LogP contribution is -2.52. The van der Waals surface area contributed by atoms with E-state index in [1.54, 1.807) is 12.1 Å². The Balaban J connectivity index is 1.79. The van der Waals surface area contributed by atoms with Crippen molar-refractivity contribution in [3.63, 3.8) is 0 Å². The number of aryl methyl sites for hydroxylation is 2. The molecule has 0 bridgehead atoms. The van der Waals surface area contributed by atoms with E-state index < -0.39 is 32.1 Å². The number of sulfonamides is 2. The molecule has 2 atom stereocenters. The fourth-order valence-electron chi connectivity index (χ4n) is 3.67. The molecule has 0 aliphatic heterocycles. The fraction of sp³-hybridized carbons (Fsp3) is 0.625. The van der Waals surface area contributed by atoms with Crippen LogP contribution in [0, 0.1) is 0 Å². The molecule has 24 heavy (non-hydrogen) atoms. The number of hydrogen-bond donors (Lipinski definition) is 2. The Kier molecular flexibility index (Phi) is 5.01. The van der Waals surface area contributed by atoms with Gasteiger partial charge >= 0.3 is 0 Å². The molecule has 6 nitrogen and oxygen atoms in total. The Morgan fingerprint density at radius 2 is 1.50 bits per heavy atom. The van der Waals surface area contributed by atoms with Gasteiger partial charge in [-0.2, -0.15) is 0 Å². The summed E-state index contributed by atoms with van der Waals surface area (Å²) in [6.07, 6.45) is 7.15. The van der Waals surface area contributed by atoms with E-state index in [0.717, 1.165) is 43.9 Å². The second-order valence-corrected chi connectivity index (χ2v) is 10.3. The van der Waals surface area contributed by atoms with E-state index >= 15 is 0 Å². The van der Waals surface area contributed by atoms with E-state index in [-0.39, 0.29) is 4.90 Å². The van der Waals surface area contributed by atoms with Crippen molar-refractivity contribution in [2.45, 2.75) is 61.9 Å². The number of benzene rings is 1. The van der Waals surface area contributed by atoms with E-state index in [2.05, 4.69) is 9.44 Å². The summed E-state index contributed by atoms with van der Waals surface area (Å²) < 4.78 is 53.8. The average molecular weight is 373 g/mol. The van der Waals surface area contributed by atoms with Gasteiger partial charge in [0.05, 0.1) is 11.2 Å². The Labute approximate surface area is 144 Å². The fourth-order valence-corrected chi connectivity index (χ4v) is 5.86. The van der Waals surface area contributed by atoms with Crippen molar-refractivity contribution in [3.8, 4) is 0 Å². The van der Waals surface area contributed by atoms with Gasteiger partial charge in [0.15, 0.2) is 0 Å². The summed E-state index contributed by atoms with van der Waals surface area (Å²) >= 11 is 0. The second-order valence-electron chi connectivity index (χ2n) is 6.79. The lowest BCUT2D eigenvalue weighted by atomic mass is 9.92. The van der Waals surface area contributed by atoms with Crippen LogP contribution < -0.4 is 9.44 Å². The minimum Gasteiger partial charge on any atom is -0.213 e. The molecule has 2 aliphatic carbocycles. The molecule has 134 valence electrons. The molecule has 2 N–H and O–H groups in total. The average Bonchev–Trinajstić information content (AvgIpc) is 2.95. The van der Waals surface area contributed by atoms with E-state index in [1.165, 1.54) is 5.56 Å². The Morgan fingerprint density at radius 3 is 2.17 bits per heavy atom. The van der Waals surface area contributed by atoms with Crippen LogP contribution >= 0.6 is 0 Å². The first-order chi connectivity index (χ1) is 11.2. The molecule has 0 radical (unpaired) electrons. The highest BCUT2D eigenvalue weighted by atomic mass is 32.2. The molecule has 8 heteroatoms. The number of fused-ring (bicyclic) bond motifs is 1. The summed E-state index contributed by atoms with van der Waals surface area (Å²) in [6.45, 7) is 0. The van der Waals surface area contributed by atoms with Gasteiger partial charge in [0, 0.05) is 12.1 Å². The van der Waals surface area contributed by atoms with Crippen LogP contribution in [0.3, 0.4) is 0 Å². The first-order valence-corrected chi connectivity index (χ1v) is 11.7. The molecular formula is C16H24N2O4S2. The third-order valence-corrected chi connectivity index (χ3v) is 7.04. The summed E-state index contributed by atoms with van der Waals surface area (Å²) in [6, 6.07) is 4.50. The Morgan fingerprint density at radius 1 is 0.875 bits per heavy atom. The highest BCUT2D eigenvalue weighted by molar-refractivity contribution is 7.89. The zero-order valence-corrected chi connectivity index (χ0v) is 15.4. The highest BCUT2D eigenvalue weighted by Crippen LogP contribution is 2.26. The van der Waals surface area contributed by atoms with Crippen LogP contribution in [0.2, 0.25) is 0 Å². The van der Waals surface area contributed by atoms with Crippen molar-refractivity contribution >= 4 is 20.0 Å². The van der Waals surface area contributed by atoms with Gasteiger partial charge in [0.2, 0.25) is 20.0 Å². The molecule has 0 heterocycles. The van der Waals surface area contributed by atoms with E-state index in [1.807, 2.05) is 6.07 Å². The zero-order valence-electron chi connectivity index (χ0n) is 13.8. The summed E-state index contributed by atoms with van der Waals surface area (Å²) in [7, 11) is -7.02. The van der Waals surface area contributed by atoms with Gasteiger partial charge in [-0.1, -0.05) is 18.9 Å². The quantitative estimate of drug-likeness (QED) is 0.815. The summed E-state index contributed by atoms with van der Waals surface area (Å²) in [5.74, 6) is 0. The van der Waals surface area contributed by atoms with Crippen LogP contribution in [0.25, 0.3) is 0 Å². The van der Waals surface area contributed by atoms with Crippen LogP contribution in [-0.2, 0) is 32.9 Å². The third kappa shape index (κ3) is 4.17. The Bertz CT molecular complexity index is 818. The van der Waals surface area contributed by atoms with Gasteiger partial charge in [0.25, 0.3) is 0 Å². The number of nitrogens with one attached hydrogen (secondary N) is 2. The maximum Gasteiger partial charge on any atom is 0.240 e. The smallest absolute Gasteiger partial charge is 0.213 e. The highest BCUT2D eigenvalue weighted by Gasteiger charge is 2.31. The van der Waals surface area contributed by atoms with Gasteiger partial charge in [0.1, 0.15) is 0 Å². The van der Waals surface area contributed by atoms with E-state index in [0.29, 0.717) is 12.8 Å². The molecule has 1 aromatic carbocycles. The minimum atomic E-state index is -3.65. The minimum absolute atomic E-state index is 0.270. The van der Waals surface area contributed by atoms with E-state index in [9.17, 15) is 16.8 Å². The first kappa shape index (κ1) is 17.8. The first-order valence-electron chi connectivity index (χ1n) is 8.36. The summed E-state index contributed by atoms with van der Waals surface area (Å²) in [5.41, 5.74) is 2.33. The summed E-state index contributed by atoms with van der Waals surface area (Å²) in [5, 5.41) is 0. The van der Waals surface area contributed by atoms with Crippen molar-refractivity contribution in [1.82, 2.24) is 9.44 Å². The summed E-state index contributed by atoms with van der Waals surface area (Å²) in [4.78, 5) is 0.270. The lowest BCUT2D eigenvalue weighted by Gasteiger charge is -2.32. The van der Waals surface area contributed by atoms with Crippen molar-refractivity contribution < 1.29 is 16.8 Å². The van der Waals surface area contributed by atoms with Crippen molar-refractivity contribution in [1.29, 1.82) is 0 Å². The molecule has 0 unspecified atom stereocenters. The van der Waals surface area contributed by atoms with Crippen LogP contribution in [0.4, 0.5) is 0 Å². The van der Waals surface area contributed by atoms with Gasteiger partial charge in [-0.25, -0.2) is 26.3 Å². The number of rotatable bonds is 5. The predicted molar refractivity (Wildman–Crippen MR) is 92.8 cm³/mol. The topological polar surface area (TPSA) is 92.3 Å². The Hall–Kier alpha value is -0.960. The van der Waals surface area contributed by atoms with Gasteiger partial charge in [-0.3, -0.25) is 0 Å². The normalized spacial score (nSPS) is 24.7. The molecule has 0 spiro atoms. The molecule has 0 aromatic heterocycles. The maximum absolute atomic E-state index is 12.7. The molecule has 1 aromatic rings. The molecule has 2 aliphatic rings. The predicted octanol–water partition coefficient (Wildman–Crippen LogP) is 1.31. The van der Waals surface area contributed by atoms with Crippen LogP contribution in [0.1, 0.15) is 43.2 Å². The molecule has 0 amide bonds. The van der Waals surface area contributed by atoms with Gasteiger partial charge in [-0.15, -0.1) is 0 Å². The van der Waals surface area contributed by atoms with Gasteiger partial charge in [-0.05, 0) is 55.4 Å². The number of hydrogen-bond acceptors (Lipinski definition) is 4. The van der Waals surface area contributed by atoms with Crippen LogP contribution in [-0.4, -0.2) is 35.2 Å². The van der Waals surface area contributed by atoms with Crippen LogP contribution in [0.5, 0.6) is 0 Å². The SMILES string of the molecule is CS(=O)(=O)N[C@@H]1CCCC[C@H]1NS(=O)(=O)c1ccc2c(c1)CCC2. The monoisotopic (exact) mass is 372 g/mol. The van der Waals surface area contributed by atoms with Crippen molar-refractivity contribution in [2.75, 3.05) is 6.26 Å². The largest absolute Gasteiger partial charge is 0.240 e. The zero-order chi connectivity index (χ0) is 17.4. The molecule has 1 saturated carbocycles. The molecule has 3 rings (SSSR count). The van der Waals surface area contributed by atoms with Crippen molar-refractivity contribution in [2.24, 2.45) is 0 Å². The van der Waals surface area contributed by atoms with Gasteiger partial charge < -0.3 is 0 Å². The standard InChI is InChI=1S/C16H24N2O4S2/c1-23(19,20)17-15-7-2-3-8-16(15)18-24(21,22)14-10-9-12-5-4-6-13(12)11-14/h9-11,15-18H,2-8H2,1H3/t15-,16-/m1/s1. The molecule has 0 saturated heterocycles. The van der Waals surface area contributed by atoms with E-state index in [4.69, 9.17) is 0 Å². The molecule has 1 fully saturated rings. The van der Waals surface area contributed by atoms with Crippen molar-refractivity contribution in [3.05, 3.63) is 29.3 Å². The lowest BCUT2D eigenvalue weighted by molar-refractivity contribution is 0.340. The third-order valence-electron chi connectivity index (χ3n) is 4.82. The second kappa shape index (κ2) is 6.74. The van der Waals surface area contributed by atoms with Crippen LogP contribution in [0.15, 0.2) is 23.1 Å². The molecular weight excluding hydrogens is 348 g/mol. The maximum atomic E-state index is 12.7.